The highest BCUT2D eigenvalue weighted by atomic mass is 16.5. The molecule has 2 heterocycles. The first-order valence-corrected chi connectivity index (χ1v) is 11.4. The highest BCUT2D eigenvalue weighted by Crippen LogP contribution is 2.38. The first-order chi connectivity index (χ1) is 16.4. The number of ether oxygens (including phenoxy) is 2. The Morgan fingerprint density at radius 1 is 1.03 bits per heavy atom. The number of carbonyl (C=O) groups is 3. The molecular formula is C27H28N2O5. The second-order valence-corrected chi connectivity index (χ2v) is 8.25. The van der Waals surface area contributed by atoms with Crippen LogP contribution < -0.4 is 5.32 Å². The van der Waals surface area contributed by atoms with E-state index in [1.807, 2.05) is 42.9 Å². The van der Waals surface area contributed by atoms with Crippen LogP contribution in [-0.4, -0.2) is 35.6 Å². The van der Waals surface area contributed by atoms with Gasteiger partial charge in [-0.15, -0.1) is 0 Å². The molecule has 1 aliphatic heterocycles. The maximum atomic E-state index is 13.3. The van der Waals surface area contributed by atoms with Crippen molar-refractivity contribution in [2.45, 2.75) is 27.2 Å². The Morgan fingerprint density at radius 2 is 1.76 bits per heavy atom. The molecule has 176 valence electrons. The van der Waals surface area contributed by atoms with Gasteiger partial charge in [-0.2, -0.15) is 0 Å². The van der Waals surface area contributed by atoms with Gasteiger partial charge in [-0.1, -0.05) is 36.4 Å². The third kappa shape index (κ3) is 4.09. The molecule has 0 fully saturated rings. The number of hydrogen-bond donors (Lipinski definition) is 1. The molecule has 2 aromatic carbocycles. The summed E-state index contributed by atoms with van der Waals surface area (Å²) in [6, 6.07) is 13.1. The van der Waals surface area contributed by atoms with Crippen molar-refractivity contribution in [3.05, 3.63) is 70.9 Å². The van der Waals surface area contributed by atoms with Gasteiger partial charge in [0.15, 0.2) is 0 Å². The van der Waals surface area contributed by atoms with Gasteiger partial charge in [0.2, 0.25) is 0 Å². The van der Waals surface area contributed by atoms with Crippen LogP contribution >= 0.6 is 0 Å². The Bertz CT molecular complexity index is 1320. The highest BCUT2D eigenvalue weighted by molar-refractivity contribution is 6.35. The molecule has 0 bridgehead atoms. The number of anilines is 1. The van der Waals surface area contributed by atoms with E-state index < -0.39 is 23.8 Å². The lowest BCUT2D eigenvalue weighted by Crippen LogP contribution is -2.29. The van der Waals surface area contributed by atoms with Crippen LogP contribution in [0.1, 0.15) is 30.5 Å². The SMILES string of the molecule is CCOC(=O)/C(=C1\C(=O)Nc2ccccc21)C(Cc1cn(C)c2c(C)cccc12)C(=O)OCC. The molecule has 1 atom stereocenters. The maximum Gasteiger partial charge on any atom is 0.335 e. The van der Waals surface area contributed by atoms with Crippen LogP contribution in [0.4, 0.5) is 5.69 Å². The highest BCUT2D eigenvalue weighted by Gasteiger charge is 2.39. The fourth-order valence-corrected chi connectivity index (χ4v) is 4.69. The summed E-state index contributed by atoms with van der Waals surface area (Å²) in [6.45, 7) is 5.70. The summed E-state index contributed by atoms with van der Waals surface area (Å²) < 4.78 is 12.8. The molecule has 1 amide bonds. The summed E-state index contributed by atoms with van der Waals surface area (Å²) >= 11 is 0. The molecule has 1 aromatic heterocycles. The van der Waals surface area contributed by atoms with E-state index in [0.29, 0.717) is 11.3 Å². The normalized spacial score (nSPS) is 15.0. The zero-order valence-electron chi connectivity index (χ0n) is 19.8. The van der Waals surface area contributed by atoms with Crippen molar-refractivity contribution in [1.29, 1.82) is 0 Å². The lowest BCUT2D eigenvalue weighted by molar-refractivity contribution is -0.150. The Hall–Kier alpha value is -3.87. The summed E-state index contributed by atoms with van der Waals surface area (Å²) in [5, 5.41) is 3.78. The van der Waals surface area contributed by atoms with E-state index in [1.54, 1.807) is 38.1 Å². The third-order valence-electron chi connectivity index (χ3n) is 6.07. The molecule has 4 rings (SSSR count). The van der Waals surface area contributed by atoms with E-state index in [2.05, 4.69) is 5.32 Å². The van der Waals surface area contributed by atoms with Gasteiger partial charge >= 0.3 is 11.9 Å². The minimum atomic E-state index is -1.02. The Kier molecular flexibility index (Phi) is 6.54. The predicted molar refractivity (Wildman–Crippen MR) is 130 cm³/mol. The van der Waals surface area contributed by atoms with Gasteiger partial charge in [0.25, 0.3) is 5.91 Å². The van der Waals surface area contributed by atoms with Crippen LogP contribution in [0.2, 0.25) is 0 Å². The van der Waals surface area contributed by atoms with E-state index >= 15 is 0 Å². The molecule has 1 N–H and O–H groups in total. The van der Waals surface area contributed by atoms with Crippen molar-refractivity contribution in [3.63, 3.8) is 0 Å². The van der Waals surface area contributed by atoms with Crippen molar-refractivity contribution in [1.82, 2.24) is 4.57 Å². The Morgan fingerprint density at radius 3 is 2.50 bits per heavy atom. The van der Waals surface area contributed by atoms with Gasteiger partial charge in [0, 0.05) is 29.9 Å². The quantitative estimate of drug-likeness (QED) is 0.422. The number of nitrogens with one attached hydrogen (secondary N) is 1. The Balaban J connectivity index is 1.92. The fraction of sp³-hybridized carbons (Fsp3) is 0.296. The van der Waals surface area contributed by atoms with Gasteiger partial charge in [-0.3, -0.25) is 9.59 Å². The molecule has 0 spiro atoms. The maximum absolute atomic E-state index is 13.3. The monoisotopic (exact) mass is 460 g/mol. The van der Waals surface area contributed by atoms with Crippen LogP contribution in [0.5, 0.6) is 0 Å². The number of aromatic nitrogens is 1. The van der Waals surface area contributed by atoms with Crippen molar-refractivity contribution in [2.75, 3.05) is 18.5 Å². The lowest BCUT2D eigenvalue weighted by atomic mass is 9.86. The number of rotatable bonds is 7. The fourth-order valence-electron chi connectivity index (χ4n) is 4.69. The number of esters is 2. The van der Waals surface area contributed by atoms with Crippen molar-refractivity contribution in [3.8, 4) is 0 Å². The van der Waals surface area contributed by atoms with Gasteiger partial charge in [-0.25, -0.2) is 4.79 Å². The molecule has 0 saturated heterocycles. The van der Waals surface area contributed by atoms with E-state index in [1.165, 1.54) is 0 Å². The number of aryl methyl sites for hydroxylation is 2. The van der Waals surface area contributed by atoms with E-state index in [9.17, 15) is 14.4 Å². The number of benzene rings is 2. The largest absolute Gasteiger partial charge is 0.466 e. The third-order valence-corrected chi connectivity index (χ3v) is 6.07. The Labute approximate surface area is 198 Å². The van der Waals surface area contributed by atoms with Crippen molar-refractivity contribution in [2.24, 2.45) is 13.0 Å². The second kappa shape index (κ2) is 9.55. The summed E-state index contributed by atoms with van der Waals surface area (Å²) in [6.07, 6.45) is 2.15. The summed E-state index contributed by atoms with van der Waals surface area (Å²) in [4.78, 5) is 39.6. The molecule has 7 nitrogen and oxygen atoms in total. The summed E-state index contributed by atoms with van der Waals surface area (Å²) in [7, 11) is 1.95. The van der Waals surface area contributed by atoms with Crippen molar-refractivity contribution < 1.29 is 23.9 Å². The number of hydrogen-bond acceptors (Lipinski definition) is 5. The topological polar surface area (TPSA) is 86.6 Å². The van der Waals surface area contributed by atoms with Gasteiger partial charge in [0.05, 0.1) is 35.8 Å². The van der Waals surface area contributed by atoms with Gasteiger partial charge < -0.3 is 19.4 Å². The van der Waals surface area contributed by atoms with Crippen LogP contribution in [-0.2, 0) is 37.3 Å². The molecule has 34 heavy (non-hydrogen) atoms. The minimum absolute atomic E-state index is 0.0207. The van der Waals surface area contributed by atoms with Crippen LogP contribution in [0.15, 0.2) is 54.2 Å². The molecule has 0 saturated carbocycles. The molecule has 1 aliphatic rings. The average molecular weight is 461 g/mol. The smallest absolute Gasteiger partial charge is 0.335 e. The van der Waals surface area contributed by atoms with Gasteiger partial charge in [-0.05, 0) is 44.4 Å². The predicted octanol–water partition coefficient (Wildman–Crippen LogP) is 4.18. The first kappa shape index (κ1) is 23.3. The number of carbonyl (C=O) groups excluding carboxylic acids is 3. The van der Waals surface area contributed by atoms with E-state index in [4.69, 9.17) is 9.47 Å². The number of amides is 1. The number of fused-ring (bicyclic) bond motifs is 2. The lowest BCUT2D eigenvalue weighted by Gasteiger charge is -2.20. The van der Waals surface area contributed by atoms with Crippen molar-refractivity contribution >= 4 is 40.0 Å². The molecule has 1 unspecified atom stereocenters. The van der Waals surface area contributed by atoms with Crippen LogP contribution in [0.25, 0.3) is 16.5 Å². The summed E-state index contributed by atoms with van der Waals surface area (Å²) in [5.74, 6) is -2.72. The van der Waals surface area contributed by atoms with E-state index in [-0.39, 0.29) is 30.8 Å². The van der Waals surface area contributed by atoms with Crippen LogP contribution in [0, 0.1) is 12.8 Å². The standard InChI is InChI=1S/C27H28N2O5/c1-5-33-26(31)20(14-17-15-29(4)24-16(3)10-9-12-18(17)24)23(27(32)34-6-2)22-19-11-7-8-13-21(19)28-25(22)30/h7-13,15,20H,5-6,14H2,1-4H3,(H,28,30)/b23-22-. The van der Waals surface area contributed by atoms with Gasteiger partial charge in [0.1, 0.15) is 0 Å². The zero-order valence-corrected chi connectivity index (χ0v) is 19.8. The average Bonchev–Trinajstić information content (AvgIpc) is 3.30. The molecular weight excluding hydrogens is 432 g/mol. The number of nitrogens with zero attached hydrogens (tertiary/aromatic N) is 1. The molecule has 7 heteroatoms. The zero-order chi connectivity index (χ0) is 24.4. The van der Waals surface area contributed by atoms with E-state index in [0.717, 1.165) is 22.0 Å². The minimum Gasteiger partial charge on any atom is -0.466 e. The molecule has 3 aromatic rings. The second-order valence-electron chi connectivity index (χ2n) is 8.25. The number of para-hydroxylation sites is 2. The first-order valence-electron chi connectivity index (χ1n) is 11.4. The van der Waals surface area contributed by atoms with Crippen LogP contribution in [0.3, 0.4) is 0 Å². The molecule has 0 radical (unpaired) electrons. The molecule has 0 aliphatic carbocycles. The summed E-state index contributed by atoms with van der Waals surface area (Å²) in [5.41, 5.74) is 4.37.